The van der Waals surface area contributed by atoms with Crippen LogP contribution in [0.2, 0.25) is 0 Å². The molecule has 6 heteroatoms. The summed E-state index contributed by atoms with van der Waals surface area (Å²) in [6.07, 6.45) is 7.82. The molecule has 1 saturated heterocycles. The highest BCUT2D eigenvalue weighted by Crippen LogP contribution is 2.25. The molecular formula is C21H24N4O2. The van der Waals surface area contributed by atoms with Crippen LogP contribution < -0.4 is 5.56 Å². The van der Waals surface area contributed by atoms with E-state index in [0.717, 1.165) is 45.3 Å². The SMILES string of the molecule is CCCn1cc(C(=O)N2CCCCC2)c2nn(-c3ccccc3)c(=O)c-2c1. The number of pyridine rings is 1. The Labute approximate surface area is 158 Å². The average Bonchev–Trinajstić information content (AvgIpc) is 3.05. The zero-order valence-electron chi connectivity index (χ0n) is 15.6. The fourth-order valence-corrected chi connectivity index (χ4v) is 3.72. The summed E-state index contributed by atoms with van der Waals surface area (Å²) in [7, 11) is 0. The molecule has 1 amide bonds. The molecule has 0 saturated carbocycles. The van der Waals surface area contributed by atoms with E-state index < -0.39 is 0 Å². The molecule has 0 unspecified atom stereocenters. The van der Waals surface area contributed by atoms with E-state index >= 15 is 0 Å². The van der Waals surface area contributed by atoms with Crippen molar-refractivity contribution in [1.29, 1.82) is 0 Å². The number of aromatic nitrogens is 3. The molecule has 3 heterocycles. The van der Waals surface area contributed by atoms with Gasteiger partial charge in [-0.2, -0.15) is 9.78 Å². The van der Waals surface area contributed by atoms with Gasteiger partial charge in [-0.3, -0.25) is 9.59 Å². The fraction of sp³-hybridized carbons (Fsp3) is 0.381. The van der Waals surface area contributed by atoms with E-state index in [4.69, 9.17) is 0 Å². The number of benzene rings is 1. The predicted octanol–water partition coefficient (Wildman–Crippen LogP) is 3.17. The molecule has 0 radical (unpaired) electrons. The second-order valence-electron chi connectivity index (χ2n) is 7.08. The highest BCUT2D eigenvalue weighted by molar-refractivity contribution is 6.00. The Morgan fingerprint density at radius 1 is 1.07 bits per heavy atom. The summed E-state index contributed by atoms with van der Waals surface area (Å²) in [5, 5.41) is 4.54. The minimum absolute atomic E-state index is 0.0251. The minimum Gasteiger partial charge on any atom is -0.353 e. The first-order chi connectivity index (χ1) is 13.2. The van der Waals surface area contributed by atoms with Crippen LogP contribution in [0.15, 0.2) is 47.5 Å². The summed E-state index contributed by atoms with van der Waals surface area (Å²) in [6, 6.07) is 9.34. The van der Waals surface area contributed by atoms with Gasteiger partial charge in [-0.15, -0.1) is 0 Å². The molecule has 6 nitrogen and oxygen atoms in total. The van der Waals surface area contributed by atoms with Crippen molar-refractivity contribution in [3.63, 3.8) is 0 Å². The van der Waals surface area contributed by atoms with E-state index in [9.17, 15) is 9.59 Å². The molecule has 0 N–H and O–H groups in total. The first-order valence-corrected chi connectivity index (χ1v) is 9.66. The maximum atomic E-state index is 13.2. The summed E-state index contributed by atoms with van der Waals surface area (Å²) in [5.41, 5.74) is 2.03. The molecule has 140 valence electrons. The molecule has 4 rings (SSSR count). The van der Waals surface area contributed by atoms with Gasteiger partial charge in [0, 0.05) is 32.0 Å². The molecule has 3 aliphatic heterocycles. The Morgan fingerprint density at radius 3 is 2.52 bits per heavy atom. The summed E-state index contributed by atoms with van der Waals surface area (Å²) < 4.78 is 3.34. The van der Waals surface area contributed by atoms with Crippen LogP contribution in [0.4, 0.5) is 0 Å². The average molecular weight is 364 g/mol. The number of fused-ring (bicyclic) bond motifs is 1. The highest BCUT2D eigenvalue weighted by Gasteiger charge is 2.27. The van der Waals surface area contributed by atoms with Crippen LogP contribution in [-0.4, -0.2) is 38.2 Å². The van der Waals surface area contributed by atoms with E-state index in [1.54, 1.807) is 0 Å². The van der Waals surface area contributed by atoms with Crippen molar-refractivity contribution in [2.24, 2.45) is 0 Å². The number of para-hydroxylation sites is 1. The lowest BCUT2D eigenvalue weighted by Crippen LogP contribution is -2.36. The van der Waals surface area contributed by atoms with Crippen molar-refractivity contribution in [2.75, 3.05) is 13.1 Å². The molecule has 0 aliphatic carbocycles. The number of piperidine rings is 1. The zero-order chi connectivity index (χ0) is 18.8. The molecule has 1 fully saturated rings. The van der Waals surface area contributed by atoms with E-state index in [2.05, 4.69) is 12.0 Å². The number of carbonyl (C=O) groups is 1. The molecular weight excluding hydrogens is 340 g/mol. The van der Waals surface area contributed by atoms with Gasteiger partial charge in [0.15, 0.2) is 0 Å². The summed E-state index contributed by atoms with van der Waals surface area (Å²) in [4.78, 5) is 28.1. The first-order valence-electron chi connectivity index (χ1n) is 9.66. The molecule has 1 aromatic carbocycles. The van der Waals surface area contributed by atoms with Crippen LogP contribution in [0.5, 0.6) is 0 Å². The summed E-state index contributed by atoms with van der Waals surface area (Å²) >= 11 is 0. The van der Waals surface area contributed by atoms with E-state index in [0.29, 0.717) is 22.5 Å². The van der Waals surface area contributed by atoms with Gasteiger partial charge < -0.3 is 9.47 Å². The minimum atomic E-state index is -0.186. The van der Waals surface area contributed by atoms with Crippen LogP contribution in [0, 0.1) is 0 Å². The van der Waals surface area contributed by atoms with Gasteiger partial charge in [-0.25, -0.2) is 0 Å². The monoisotopic (exact) mass is 364 g/mol. The van der Waals surface area contributed by atoms with Crippen LogP contribution in [-0.2, 0) is 6.54 Å². The molecule has 27 heavy (non-hydrogen) atoms. The maximum absolute atomic E-state index is 13.2. The third kappa shape index (κ3) is 3.27. The fourth-order valence-electron chi connectivity index (χ4n) is 3.72. The van der Waals surface area contributed by atoms with Crippen LogP contribution >= 0.6 is 0 Å². The molecule has 1 aromatic rings. The normalized spacial score (nSPS) is 14.6. The summed E-state index contributed by atoms with van der Waals surface area (Å²) in [6.45, 7) is 4.38. The molecule has 0 aromatic heterocycles. The van der Waals surface area contributed by atoms with Crippen molar-refractivity contribution >= 4 is 5.91 Å². The van der Waals surface area contributed by atoms with Crippen molar-refractivity contribution in [2.45, 2.75) is 39.2 Å². The molecule has 0 spiro atoms. The van der Waals surface area contributed by atoms with E-state index in [1.807, 2.05) is 52.2 Å². The van der Waals surface area contributed by atoms with Gasteiger partial charge in [0.2, 0.25) is 0 Å². The Morgan fingerprint density at radius 2 is 1.81 bits per heavy atom. The second-order valence-corrected chi connectivity index (χ2v) is 7.08. The lowest BCUT2D eigenvalue weighted by atomic mass is 10.1. The third-order valence-electron chi connectivity index (χ3n) is 5.08. The highest BCUT2D eigenvalue weighted by atomic mass is 16.2. The maximum Gasteiger partial charge on any atom is 0.282 e. The van der Waals surface area contributed by atoms with Crippen molar-refractivity contribution in [1.82, 2.24) is 19.2 Å². The Balaban J connectivity index is 1.86. The topological polar surface area (TPSA) is 60.1 Å². The molecule has 3 aliphatic rings. The van der Waals surface area contributed by atoms with Gasteiger partial charge in [0.05, 0.1) is 16.8 Å². The van der Waals surface area contributed by atoms with Crippen LogP contribution in [0.1, 0.15) is 43.0 Å². The Hall–Kier alpha value is -2.89. The van der Waals surface area contributed by atoms with E-state index in [-0.39, 0.29) is 11.5 Å². The van der Waals surface area contributed by atoms with Gasteiger partial charge in [0.25, 0.3) is 11.5 Å². The van der Waals surface area contributed by atoms with Crippen molar-refractivity contribution in [3.8, 4) is 16.9 Å². The van der Waals surface area contributed by atoms with Crippen molar-refractivity contribution in [3.05, 3.63) is 58.6 Å². The number of aryl methyl sites for hydroxylation is 1. The second kappa shape index (κ2) is 7.39. The number of amides is 1. The van der Waals surface area contributed by atoms with Crippen LogP contribution in [0.3, 0.4) is 0 Å². The van der Waals surface area contributed by atoms with Crippen LogP contribution in [0.25, 0.3) is 16.9 Å². The standard InChI is InChI=1S/C21H24N4O2/c1-2-11-23-14-17(20(26)24-12-7-4-8-13-24)19-18(15-23)21(27)25(22-19)16-9-5-3-6-10-16/h3,5-6,9-10,14-15H,2,4,7-8,11-13H2,1H3. The smallest absolute Gasteiger partial charge is 0.282 e. The number of nitrogens with zero attached hydrogens (tertiary/aromatic N) is 4. The molecule has 0 atom stereocenters. The quantitative estimate of drug-likeness (QED) is 0.714. The zero-order valence-corrected chi connectivity index (χ0v) is 15.6. The third-order valence-corrected chi connectivity index (χ3v) is 5.08. The summed E-state index contributed by atoms with van der Waals surface area (Å²) in [5.74, 6) is -0.0251. The lowest BCUT2D eigenvalue weighted by molar-refractivity contribution is 0.0724. The number of hydrogen-bond acceptors (Lipinski definition) is 3. The number of likely N-dealkylation sites (tertiary alicyclic amines) is 1. The number of hydrogen-bond donors (Lipinski definition) is 0. The molecule has 0 bridgehead atoms. The van der Waals surface area contributed by atoms with Crippen molar-refractivity contribution < 1.29 is 4.79 Å². The Bertz CT molecular complexity index is 968. The number of carbonyl (C=O) groups excluding carboxylic acids is 1. The lowest BCUT2D eigenvalue weighted by Gasteiger charge is -2.27. The van der Waals surface area contributed by atoms with Gasteiger partial charge >= 0.3 is 0 Å². The van der Waals surface area contributed by atoms with Gasteiger partial charge in [0.1, 0.15) is 5.69 Å². The Kier molecular flexibility index (Phi) is 4.79. The van der Waals surface area contributed by atoms with Gasteiger partial charge in [-0.05, 0) is 37.8 Å². The number of rotatable bonds is 4. The predicted molar refractivity (Wildman–Crippen MR) is 104 cm³/mol. The van der Waals surface area contributed by atoms with E-state index in [1.165, 1.54) is 4.68 Å². The first kappa shape index (κ1) is 17.5. The van der Waals surface area contributed by atoms with Gasteiger partial charge in [-0.1, -0.05) is 25.1 Å². The largest absolute Gasteiger partial charge is 0.353 e.